The van der Waals surface area contributed by atoms with Crippen LogP contribution < -0.4 is 14.5 Å². The second-order valence-corrected chi connectivity index (χ2v) is 10.4. The number of nitrogens with one attached hydrogen (secondary N) is 1. The predicted molar refractivity (Wildman–Crippen MR) is 133 cm³/mol. The van der Waals surface area contributed by atoms with Gasteiger partial charge in [-0.15, -0.1) is 0 Å². The quantitative estimate of drug-likeness (QED) is 0.430. The first-order valence-corrected chi connectivity index (χ1v) is 12.6. The first-order chi connectivity index (χ1) is 16.2. The van der Waals surface area contributed by atoms with E-state index in [2.05, 4.69) is 9.82 Å². The van der Waals surface area contributed by atoms with Crippen LogP contribution in [0.5, 0.6) is 5.75 Å². The largest absolute Gasteiger partial charge is 0.497 e. The zero-order valence-corrected chi connectivity index (χ0v) is 20.8. The third kappa shape index (κ3) is 5.20. The average molecular weight is 522 g/mol. The molecule has 0 amide bonds. The highest BCUT2D eigenvalue weighted by Gasteiger charge is 2.31. The van der Waals surface area contributed by atoms with Crippen molar-refractivity contribution in [3.63, 3.8) is 0 Å². The Hall–Kier alpha value is -2.65. The molecular formula is C24H22Cl2FN3O3S. The Bertz CT molecular complexity index is 1350. The summed E-state index contributed by atoms with van der Waals surface area (Å²) in [5.41, 5.74) is 2.65. The van der Waals surface area contributed by atoms with Crippen molar-refractivity contribution in [2.45, 2.75) is 24.3 Å². The molecule has 3 aromatic rings. The normalized spacial score (nSPS) is 16.0. The molecule has 4 rings (SSSR count). The van der Waals surface area contributed by atoms with E-state index in [0.717, 1.165) is 17.4 Å². The highest BCUT2D eigenvalue weighted by atomic mass is 35.5. The molecule has 1 atom stereocenters. The average Bonchev–Trinajstić information content (AvgIpc) is 3.23. The second kappa shape index (κ2) is 9.92. The minimum Gasteiger partial charge on any atom is -0.497 e. The summed E-state index contributed by atoms with van der Waals surface area (Å²) in [6, 6.07) is 16.1. The number of nitrogens with zero attached hydrogens (tertiary/aromatic N) is 2. The summed E-state index contributed by atoms with van der Waals surface area (Å²) >= 11 is 12.5. The number of methoxy groups -OCH3 is 1. The van der Waals surface area contributed by atoms with Gasteiger partial charge in [0, 0.05) is 11.4 Å². The summed E-state index contributed by atoms with van der Waals surface area (Å²) < 4.78 is 47.1. The molecule has 0 aromatic heterocycles. The highest BCUT2D eigenvalue weighted by Crippen LogP contribution is 2.40. The topological polar surface area (TPSA) is 71.0 Å². The van der Waals surface area contributed by atoms with Crippen LogP contribution in [0.15, 0.2) is 70.7 Å². The van der Waals surface area contributed by atoms with Gasteiger partial charge in [0.1, 0.15) is 11.6 Å². The number of hydrogen-bond donors (Lipinski definition) is 1. The van der Waals surface area contributed by atoms with Gasteiger partial charge in [0.15, 0.2) is 0 Å². The molecule has 178 valence electrons. The number of benzene rings is 3. The van der Waals surface area contributed by atoms with Gasteiger partial charge in [-0.25, -0.2) is 17.5 Å². The Morgan fingerprint density at radius 1 is 1.12 bits per heavy atom. The zero-order valence-electron chi connectivity index (χ0n) is 18.4. The van der Waals surface area contributed by atoms with E-state index in [0.29, 0.717) is 33.4 Å². The molecule has 10 heteroatoms. The van der Waals surface area contributed by atoms with Crippen molar-refractivity contribution < 1.29 is 17.5 Å². The van der Waals surface area contributed by atoms with E-state index in [1.54, 1.807) is 37.2 Å². The first kappa shape index (κ1) is 24.5. The van der Waals surface area contributed by atoms with Gasteiger partial charge >= 0.3 is 0 Å². The van der Waals surface area contributed by atoms with Gasteiger partial charge in [-0.2, -0.15) is 5.10 Å². The molecule has 0 spiro atoms. The van der Waals surface area contributed by atoms with E-state index in [9.17, 15) is 12.8 Å². The van der Waals surface area contributed by atoms with Crippen LogP contribution in [-0.4, -0.2) is 27.8 Å². The summed E-state index contributed by atoms with van der Waals surface area (Å²) in [6.45, 7) is 1.58. The molecule has 0 saturated heterocycles. The van der Waals surface area contributed by atoms with Crippen LogP contribution >= 0.6 is 23.2 Å². The molecule has 34 heavy (non-hydrogen) atoms. The fourth-order valence-corrected chi connectivity index (χ4v) is 5.54. The SMILES string of the molecule is COc1ccc(C2CC(CNS(=O)(=O)c3cc(F)ccc3C)=NN2c2ccc(Cl)cc2Cl)cc1. The van der Waals surface area contributed by atoms with Crippen molar-refractivity contribution >= 4 is 44.6 Å². The lowest BCUT2D eigenvalue weighted by Gasteiger charge is -2.25. The van der Waals surface area contributed by atoms with Crippen molar-refractivity contribution in [1.82, 2.24) is 4.72 Å². The number of ether oxygens (including phenoxy) is 1. The van der Waals surface area contributed by atoms with Gasteiger partial charge < -0.3 is 4.74 Å². The van der Waals surface area contributed by atoms with E-state index in [4.69, 9.17) is 27.9 Å². The lowest BCUT2D eigenvalue weighted by Crippen LogP contribution is -2.29. The van der Waals surface area contributed by atoms with Crippen molar-refractivity contribution in [1.29, 1.82) is 0 Å². The lowest BCUT2D eigenvalue weighted by molar-refractivity contribution is 0.414. The van der Waals surface area contributed by atoms with Gasteiger partial charge in [-0.1, -0.05) is 41.4 Å². The van der Waals surface area contributed by atoms with E-state index < -0.39 is 15.8 Å². The molecule has 0 radical (unpaired) electrons. The number of rotatable bonds is 7. The molecule has 1 N–H and O–H groups in total. The van der Waals surface area contributed by atoms with Crippen molar-refractivity contribution in [2.24, 2.45) is 5.10 Å². The molecule has 1 aliphatic rings. The third-order valence-corrected chi connectivity index (χ3v) is 7.62. The van der Waals surface area contributed by atoms with Gasteiger partial charge in [0.2, 0.25) is 10.0 Å². The van der Waals surface area contributed by atoms with Crippen molar-refractivity contribution in [2.75, 3.05) is 18.7 Å². The van der Waals surface area contributed by atoms with E-state index in [-0.39, 0.29) is 17.5 Å². The highest BCUT2D eigenvalue weighted by molar-refractivity contribution is 7.89. The zero-order chi connectivity index (χ0) is 24.5. The van der Waals surface area contributed by atoms with Crippen LogP contribution in [0.25, 0.3) is 0 Å². The summed E-state index contributed by atoms with van der Waals surface area (Å²) in [6.07, 6.45) is 0.454. The van der Waals surface area contributed by atoms with Crippen LogP contribution in [0.3, 0.4) is 0 Å². The molecule has 1 unspecified atom stereocenters. The van der Waals surface area contributed by atoms with E-state index in [1.165, 1.54) is 12.1 Å². The number of sulfonamides is 1. The number of aryl methyl sites for hydroxylation is 1. The van der Waals surface area contributed by atoms with Crippen LogP contribution in [0.2, 0.25) is 10.0 Å². The van der Waals surface area contributed by atoms with E-state index >= 15 is 0 Å². The standard InChI is InChI=1S/C24H22Cl2FN3O3S/c1-15-3-7-18(27)12-24(15)34(31,32)28-14-19-13-23(16-4-8-20(33-2)9-5-16)30(29-19)22-10-6-17(25)11-21(22)26/h3-12,23,28H,13-14H2,1-2H3. The first-order valence-electron chi connectivity index (χ1n) is 10.4. The number of halogens is 3. The Morgan fingerprint density at radius 3 is 2.53 bits per heavy atom. The molecule has 3 aromatic carbocycles. The molecule has 0 aliphatic carbocycles. The summed E-state index contributed by atoms with van der Waals surface area (Å²) in [5.74, 6) is 0.101. The maximum absolute atomic E-state index is 13.7. The predicted octanol–water partition coefficient (Wildman–Crippen LogP) is 5.74. The maximum atomic E-state index is 13.7. The van der Waals surface area contributed by atoms with Crippen LogP contribution in [0, 0.1) is 12.7 Å². The molecule has 0 fully saturated rings. The fraction of sp³-hybridized carbons (Fsp3) is 0.208. The summed E-state index contributed by atoms with van der Waals surface area (Å²) in [5, 5.41) is 7.36. The minimum atomic E-state index is -3.94. The smallest absolute Gasteiger partial charge is 0.241 e. The Kier molecular flexibility index (Phi) is 7.14. The third-order valence-electron chi connectivity index (χ3n) is 5.54. The minimum absolute atomic E-state index is 0.0351. The lowest BCUT2D eigenvalue weighted by atomic mass is 10.0. The van der Waals surface area contributed by atoms with Crippen LogP contribution in [0.1, 0.15) is 23.6 Å². The van der Waals surface area contributed by atoms with Gasteiger partial charge in [-0.3, -0.25) is 5.01 Å². The fourth-order valence-electron chi connectivity index (χ4n) is 3.77. The Morgan fingerprint density at radius 2 is 1.85 bits per heavy atom. The second-order valence-electron chi connectivity index (χ2n) is 7.83. The van der Waals surface area contributed by atoms with Gasteiger partial charge in [0.25, 0.3) is 0 Å². The monoisotopic (exact) mass is 521 g/mol. The number of hydrogen-bond acceptors (Lipinski definition) is 5. The molecule has 1 heterocycles. The number of anilines is 1. The summed E-state index contributed by atoms with van der Waals surface area (Å²) in [4.78, 5) is -0.101. The Labute approximate surface area is 208 Å². The number of hydrazone groups is 1. The maximum Gasteiger partial charge on any atom is 0.241 e. The summed E-state index contributed by atoms with van der Waals surface area (Å²) in [7, 11) is -2.34. The van der Waals surface area contributed by atoms with Crippen molar-refractivity contribution in [3.05, 3.63) is 87.7 Å². The Balaban J connectivity index is 1.62. The molecule has 1 aliphatic heterocycles. The van der Waals surface area contributed by atoms with Crippen LogP contribution in [0.4, 0.5) is 10.1 Å². The molecule has 6 nitrogen and oxygen atoms in total. The molecule has 0 bridgehead atoms. The van der Waals surface area contributed by atoms with Crippen LogP contribution in [-0.2, 0) is 10.0 Å². The molecule has 0 saturated carbocycles. The van der Waals surface area contributed by atoms with Gasteiger partial charge in [0.05, 0.1) is 41.0 Å². The van der Waals surface area contributed by atoms with E-state index in [1.807, 2.05) is 24.3 Å². The van der Waals surface area contributed by atoms with Crippen molar-refractivity contribution in [3.8, 4) is 5.75 Å². The van der Waals surface area contributed by atoms with Gasteiger partial charge in [-0.05, 0) is 60.5 Å². The molecular weight excluding hydrogens is 500 g/mol.